The average Bonchev–Trinajstić information content (AvgIpc) is 2.82. The van der Waals surface area contributed by atoms with Crippen molar-refractivity contribution in [1.29, 1.82) is 0 Å². The van der Waals surface area contributed by atoms with E-state index >= 15 is 0 Å². The molecule has 0 aromatic carbocycles. The molecule has 1 saturated heterocycles. The van der Waals surface area contributed by atoms with Crippen LogP contribution in [0.5, 0.6) is 11.6 Å². The van der Waals surface area contributed by atoms with Gasteiger partial charge in [0.1, 0.15) is 5.75 Å². The van der Waals surface area contributed by atoms with Gasteiger partial charge in [0.25, 0.3) is 5.56 Å². The second kappa shape index (κ2) is 9.92. The SMILES string of the molecule is COc1cnc2ccc(=O)n(CCN3CCC(CCc4ccc(OC)nc4)CC3)c2c1. The number of hydrogen-bond donors (Lipinski definition) is 0. The van der Waals surface area contributed by atoms with Crippen molar-refractivity contribution in [3.63, 3.8) is 0 Å². The molecule has 164 valence electrons. The van der Waals surface area contributed by atoms with E-state index in [1.54, 1.807) is 32.5 Å². The maximum atomic E-state index is 12.5. The van der Waals surface area contributed by atoms with Crippen molar-refractivity contribution >= 4 is 11.0 Å². The van der Waals surface area contributed by atoms with E-state index in [1.165, 1.54) is 24.8 Å². The maximum Gasteiger partial charge on any atom is 0.251 e. The highest BCUT2D eigenvalue weighted by Crippen LogP contribution is 2.23. The molecule has 0 spiro atoms. The van der Waals surface area contributed by atoms with Crippen molar-refractivity contribution < 1.29 is 9.47 Å². The molecule has 4 heterocycles. The first-order valence-electron chi connectivity index (χ1n) is 10.9. The van der Waals surface area contributed by atoms with Gasteiger partial charge in [-0.15, -0.1) is 0 Å². The molecule has 0 amide bonds. The van der Waals surface area contributed by atoms with Crippen LogP contribution < -0.4 is 15.0 Å². The molecule has 4 rings (SSSR count). The zero-order valence-corrected chi connectivity index (χ0v) is 18.3. The summed E-state index contributed by atoms with van der Waals surface area (Å²) in [5.41, 5.74) is 2.91. The van der Waals surface area contributed by atoms with Gasteiger partial charge >= 0.3 is 0 Å². The molecule has 0 radical (unpaired) electrons. The number of likely N-dealkylation sites (tertiary alicyclic amines) is 1. The Hall–Kier alpha value is -2.93. The Bertz CT molecular complexity index is 1060. The predicted octanol–water partition coefficient (Wildman–Crippen LogP) is 3.15. The predicted molar refractivity (Wildman–Crippen MR) is 121 cm³/mol. The Labute approximate surface area is 182 Å². The fourth-order valence-electron chi connectivity index (χ4n) is 4.28. The third-order valence-electron chi connectivity index (χ3n) is 6.24. The van der Waals surface area contributed by atoms with Gasteiger partial charge in [-0.2, -0.15) is 0 Å². The molecule has 0 saturated carbocycles. The van der Waals surface area contributed by atoms with Crippen LogP contribution in [-0.4, -0.2) is 53.3 Å². The molecule has 0 atom stereocenters. The van der Waals surface area contributed by atoms with Crippen molar-refractivity contribution in [3.05, 3.63) is 58.6 Å². The van der Waals surface area contributed by atoms with Gasteiger partial charge in [-0.25, -0.2) is 4.98 Å². The average molecular weight is 423 g/mol. The van der Waals surface area contributed by atoms with Crippen LogP contribution >= 0.6 is 0 Å². The van der Waals surface area contributed by atoms with Crippen molar-refractivity contribution in [2.45, 2.75) is 32.2 Å². The van der Waals surface area contributed by atoms with Crippen LogP contribution in [0.15, 0.2) is 47.5 Å². The summed E-state index contributed by atoms with van der Waals surface area (Å²) in [6.45, 7) is 3.68. The molecule has 0 bridgehead atoms. The highest BCUT2D eigenvalue weighted by Gasteiger charge is 2.19. The van der Waals surface area contributed by atoms with E-state index in [2.05, 4.69) is 20.9 Å². The van der Waals surface area contributed by atoms with Gasteiger partial charge in [0.05, 0.1) is 31.4 Å². The summed E-state index contributed by atoms with van der Waals surface area (Å²) in [5, 5.41) is 0. The quantitative estimate of drug-likeness (QED) is 0.555. The summed E-state index contributed by atoms with van der Waals surface area (Å²) >= 11 is 0. The first-order valence-corrected chi connectivity index (χ1v) is 10.9. The third kappa shape index (κ3) is 5.22. The smallest absolute Gasteiger partial charge is 0.251 e. The topological polar surface area (TPSA) is 69.5 Å². The lowest BCUT2D eigenvalue weighted by molar-refractivity contribution is 0.174. The minimum atomic E-state index is 0.00513. The van der Waals surface area contributed by atoms with Crippen LogP contribution in [-0.2, 0) is 13.0 Å². The molecule has 7 heteroatoms. The Kier molecular flexibility index (Phi) is 6.82. The summed E-state index contributed by atoms with van der Waals surface area (Å²) in [6.07, 6.45) is 8.24. The molecule has 1 aliphatic rings. The number of aryl methyl sites for hydroxylation is 1. The number of ether oxygens (including phenoxy) is 2. The van der Waals surface area contributed by atoms with E-state index in [0.717, 1.165) is 43.0 Å². The molecule has 7 nitrogen and oxygen atoms in total. The van der Waals surface area contributed by atoms with Crippen molar-refractivity contribution in [1.82, 2.24) is 19.4 Å². The fourth-order valence-corrected chi connectivity index (χ4v) is 4.28. The van der Waals surface area contributed by atoms with Gasteiger partial charge < -0.3 is 18.9 Å². The summed E-state index contributed by atoms with van der Waals surface area (Å²) < 4.78 is 12.2. The number of nitrogens with zero attached hydrogens (tertiary/aromatic N) is 4. The van der Waals surface area contributed by atoms with Crippen molar-refractivity contribution in [2.75, 3.05) is 33.9 Å². The van der Waals surface area contributed by atoms with E-state index in [-0.39, 0.29) is 5.56 Å². The minimum Gasteiger partial charge on any atom is -0.495 e. The van der Waals surface area contributed by atoms with Crippen LogP contribution in [0.25, 0.3) is 11.0 Å². The zero-order chi connectivity index (χ0) is 21.6. The molecule has 31 heavy (non-hydrogen) atoms. The van der Waals surface area contributed by atoms with E-state index in [1.807, 2.05) is 22.9 Å². The number of methoxy groups -OCH3 is 2. The van der Waals surface area contributed by atoms with Crippen LogP contribution in [0.4, 0.5) is 0 Å². The lowest BCUT2D eigenvalue weighted by atomic mass is 9.91. The molecule has 0 aliphatic carbocycles. The van der Waals surface area contributed by atoms with Gasteiger partial charge in [0.15, 0.2) is 0 Å². The monoisotopic (exact) mass is 422 g/mol. The number of fused-ring (bicyclic) bond motifs is 1. The van der Waals surface area contributed by atoms with Gasteiger partial charge in [-0.05, 0) is 56.3 Å². The molecular weight excluding hydrogens is 392 g/mol. The van der Waals surface area contributed by atoms with Crippen LogP contribution in [0, 0.1) is 5.92 Å². The molecule has 1 fully saturated rings. The summed E-state index contributed by atoms with van der Waals surface area (Å²) in [5.74, 6) is 2.07. The Morgan fingerprint density at radius 1 is 1.00 bits per heavy atom. The van der Waals surface area contributed by atoms with Crippen LogP contribution in [0.2, 0.25) is 0 Å². The van der Waals surface area contributed by atoms with Crippen molar-refractivity contribution in [2.24, 2.45) is 5.92 Å². The Morgan fingerprint density at radius 3 is 2.55 bits per heavy atom. The zero-order valence-electron chi connectivity index (χ0n) is 18.3. The lowest BCUT2D eigenvalue weighted by Crippen LogP contribution is -2.37. The number of aromatic nitrogens is 3. The normalized spacial score (nSPS) is 15.3. The first kappa shape index (κ1) is 21.3. The number of piperidine rings is 1. The molecule has 1 aliphatic heterocycles. The molecular formula is C24H30N4O3. The highest BCUT2D eigenvalue weighted by atomic mass is 16.5. The second-order valence-corrected chi connectivity index (χ2v) is 8.14. The first-order chi connectivity index (χ1) is 15.2. The highest BCUT2D eigenvalue weighted by molar-refractivity contribution is 5.75. The second-order valence-electron chi connectivity index (χ2n) is 8.14. The van der Waals surface area contributed by atoms with Gasteiger partial charge in [0, 0.05) is 37.5 Å². The van der Waals surface area contributed by atoms with Gasteiger partial charge in [-0.1, -0.05) is 6.07 Å². The fraction of sp³-hybridized carbons (Fsp3) is 0.458. The van der Waals surface area contributed by atoms with Crippen molar-refractivity contribution in [3.8, 4) is 11.6 Å². The summed E-state index contributed by atoms with van der Waals surface area (Å²) in [7, 11) is 3.25. The van der Waals surface area contributed by atoms with Gasteiger partial charge in [-0.3, -0.25) is 9.78 Å². The number of hydrogen-bond acceptors (Lipinski definition) is 6. The maximum absolute atomic E-state index is 12.5. The molecule has 3 aromatic rings. The lowest BCUT2D eigenvalue weighted by Gasteiger charge is -2.32. The van der Waals surface area contributed by atoms with E-state index in [4.69, 9.17) is 9.47 Å². The van der Waals surface area contributed by atoms with E-state index in [9.17, 15) is 4.79 Å². The summed E-state index contributed by atoms with van der Waals surface area (Å²) in [4.78, 5) is 23.6. The Balaban J connectivity index is 1.29. The molecule has 0 N–H and O–H groups in total. The third-order valence-corrected chi connectivity index (χ3v) is 6.24. The van der Waals surface area contributed by atoms with E-state index in [0.29, 0.717) is 18.2 Å². The van der Waals surface area contributed by atoms with E-state index < -0.39 is 0 Å². The van der Waals surface area contributed by atoms with Crippen LogP contribution in [0.3, 0.4) is 0 Å². The standard InChI is InChI=1S/C24H30N4O3/c1-30-20-15-22-21(25-17-20)6-8-24(29)28(22)14-13-27-11-9-18(10-12-27)3-4-19-5-7-23(31-2)26-16-19/h5-8,15-18H,3-4,9-14H2,1-2H3. The molecule has 3 aromatic heterocycles. The van der Waals surface area contributed by atoms with Crippen LogP contribution in [0.1, 0.15) is 24.8 Å². The largest absolute Gasteiger partial charge is 0.495 e. The number of pyridine rings is 3. The Morgan fingerprint density at radius 2 is 1.84 bits per heavy atom. The minimum absolute atomic E-state index is 0.00513. The van der Waals surface area contributed by atoms with Gasteiger partial charge in [0.2, 0.25) is 5.88 Å². The summed E-state index contributed by atoms with van der Waals surface area (Å²) in [6, 6.07) is 9.30. The number of rotatable bonds is 8. The molecule has 0 unspecified atom stereocenters.